The lowest BCUT2D eigenvalue weighted by Crippen LogP contribution is -2.37. The van der Waals surface area contributed by atoms with E-state index in [9.17, 15) is 8.42 Å². The summed E-state index contributed by atoms with van der Waals surface area (Å²) < 4.78 is 28.3. The van der Waals surface area contributed by atoms with Gasteiger partial charge in [0.15, 0.2) is 0 Å². The SMILES string of the molecule is CC/C=C\[C@@H](NS(=O)(=O)c1c(C)cc(C)cc1C)C(C)C. The average Bonchev–Trinajstić information content (AvgIpc) is 2.32. The van der Waals surface area contributed by atoms with Gasteiger partial charge in [0.1, 0.15) is 0 Å². The van der Waals surface area contributed by atoms with Gasteiger partial charge in [-0.3, -0.25) is 0 Å². The van der Waals surface area contributed by atoms with E-state index < -0.39 is 10.0 Å². The lowest BCUT2D eigenvalue weighted by atomic mass is 10.1. The first-order valence-electron chi connectivity index (χ1n) is 7.46. The van der Waals surface area contributed by atoms with E-state index in [4.69, 9.17) is 0 Å². The molecule has 0 aromatic heterocycles. The van der Waals surface area contributed by atoms with Crippen LogP contribution in [0.5, 0.6) is 0 Å². The summed E-state index contributed by atoms with van der Waals surface area (Å²) in [6.07, 6.45) is 4.84. The third-order valence-corrected chi connectivity index (χ3v) is 5.23. The minimum absolute atomic E-state index is 0.185. The monoisotopic (exact) mass is 309 g/mol. The van der Waals surface area contributed by atoms with Gasteiger partial charge < -0.3 is 0 Å². The molecule has 4 heteroatoms. The van der Waals surface area contributed by atoms with Crippen LogP contribution in [0.1, 0.15) is 43.9 Å². The smallest absolute Gasteiger partial charge is 0.207 e. The normalized spacial score (nSPS) is 14.0. The van der Waals surface area contributed by atoms with Crippen LogP contribution in [0.3, 0.4) is 0 Å². The molecule has 0 fully saturated rings. The molecule has 1 aromatic rings. The first kappa shape index (κ1) is 17.9. The summed E-state index contributed by atoms with van der Waals surface area (Å²) in [7, 11) is -3.51. The maximum absolute atomic E-state index is 12.7. The molecule has 0 spiro atoms. The first-order chi connectivity index (χ1) is 9.69. The minimum Gasteiger partial charge on any atom is -0.207 e. The van der Waals surface area contributed by atoms with E-state index in [1.54, 1.807) is 0 Å². The van der Waals surface area contributed by atoms with Crippen LogP contribution in [0, 0.1) is 26.7 Å². The number of benzene rings is 1. The fourth-order valence-corrected chi connectivity index (χ4v) is 4.30. The van der Waals surface area contributed by atoms with E-state index in [1.165, 1.54) is 0 Å². The summed E-state index contributed by atoms with van der Waals surface area (Å²) >= 11 is 0. The van der Waals surface area contributed by atoms with E-state index in [2.05, 4.69) is 4.72 Å². The highest BCUT2D eigenvalue weighted by molar-refractivity contribution is 7.89. The van der Waals surface area contributed by atoms with Crippen LogP contribution in [0.2, 0.25) is 0 Å². The van der Waals surface area contributed by atoms with Gasteiger partial charge in [-0.25, -0.2) is 13.1 Å². The van der Waals surface area contributed by atoms with Gasteiger partial charge in [0.2, 0.25) is 10.0 Å². The van der Waals surface area contributed by atoms with Gasteiger partial charge in [-0.05, 0) is 44.2 Å². The Morgan fingerprint density at radius 3 is 2.10 bits per heavy atom. The van der Waals surface area contributed by atoms with Crippen molar-refractivity contribution in [2.24, 2.45) is 5.92 Å². The first-order valence-corrected chi connectivity index (χ1v) is 8.94. The largest absolute Gasteiger partial charge is 0.241 e. The van der Waals surface area contributed by atoms with Crippen LogP contribution in [-0.4, -0.2) is 14.5 Å². The second-order valence-corrected chi connectivity index (χ2v) is 7.61. The van der Waals surface area contributed by atoms with Crippen LogP contribution >= 0.6 is 0 Å². The lowest BCUT2D eigenvalue weighted by molar-refractivity contribution is 0.507. The summed E-state index contributed by atoms with van der Waals surface area (Å²) in [6.45, 7) is 11.7. The highest BCUT2D eigenvalue weighted by Gasteiger charge is 2.24. The predicted molar refractivity (Wildman–Crippen MR) is 89.0 cm³/mol. The lowest BCUT2D eigenvalue weighted by Gasteiger charge is -2.21. The highest BCUT2D eigenvalue weighted by Crippen LogP contribution is 2.22. The van der Waals surface area contributed by atoms with Crippen molar-refractivity contribution in [3.05, 3.63) is 41.0 Å². The summed E-state index contributed by atoms with van der Waals surface area (Å²) in [5.41, 5.74) is 2.67. The second-order valence-electron chi connectivity index (χ2n) is 5.96. The van der Waals surface area contributed by atoms with E-state index in [-0.39, 0.29) is 12.0 Å². The molecule has 1 atom stereocenters. The van der Waals surface area contributed by atoms with Crippen molar-refractivity contribution in [3.63, 3.8) is 0 Å². The van der Waals surface area contributed by atoms with Gasteiger partial charge in [-0.15, -0.1) is 0 Å². The van der Waals surface area contributed by atoms with Crippen molar-refractivity contribution in [1.29, 1.82) is 0 Å². The Morgan fingerprint density at radius 1 is 1.14 bits per heavy atom. The second kappa shape index (κ2) is 7.23. The number of allylic oxidation sites excluding steroid dienone is 1. The van der Waals surface area contributed by atoms with Crippen LogP contribution < -0.4 is 4.72 Å². The third-order valence-electron chi connectivity index (χ3n) is 3.46. The molecule has 118 valence electrons. The number of sulfonamides is 1. The summed E-state index contributed by atoms with van der Waals surface area (Å²) in [6, 6.07) is 3.64. The third kappa shape index (κ3) is 4.68. The maximum atomic E-state index is 12.7. The Bertz CT molecular complexity index is 593. The number of rotatable bonds is 6. The van der Waals surface area contributed by atoms with Crippen LogP contribution in [0.25, 0.3) is 0 Å². The van der Waals surface area contributed by atoms with E-state index in [0.29, 0.717) is 4.90 Å². The molecule has 0 amide bonds. The van der Waals surface area contributed by atoms with Crippen LogP contribution in [-0.2, 0) is 10.0 Å². The Balaban J connectivity index is 3.20. The number of hydrogen-bond donors (Lipinski definition) is 1. The molecule has 0 aliphatic carbocycles. The zero-order chi connectivity index (χ0) is 16.2. The predicted octanol–water partition coefficient (Wildman–Crippen LogP) is 3.88. The molecule has 0 bridgehead atoms. The van der Waals surface area contributed by atoms with Gasteiger partial charge in [-0.2, -0.15) is 0 Å². The molecule has 3 nitrogen and oxygen atoms in total. The molecule has 0 heterocycles. The fourth-order valence-electron chi connectivity index (χ4n) is 2.51. The Hall–Kier alpha value is -1.13. The zero-order valence-electron chi connectivity index (χ0n) is 13.9. The summed E-state index contributed by atoms with van der Waals surface area (Å²) in [4.78, 5) is 0.406. The number of nitrogens with one attached hydrogen (secondary N) is 1. The van der Waals surface area contributed by atoms with Gasteiger partial charge in [0.05, 0.1) is 4.90 Å². The quantitative estimate of drug-likeness (QED) is 0.811. The molecule has 0 aliphatic heterocycles. The minimum atomic E-state index is -3.51. The molecule has 1 N–H and O–H groups in total. The standard InChI is InChI=1S/C17H27NO2S/c1-7-8-9-16(12(2)3)18-21(19,20)17-14(5)10-13(4)11-15(17)6/h8-12,16,18H,7H2,1-6H3/b9-8-/t16-/m1/s1. The zero-order valence-corrected chi connectivity index (χ0v) is 14.7. The molecule has 0 saturated heterocycles. The molecule has 1 rings (SSSR count). The highest BCUT2D eigenvalue weighted by atomic mass is 32.2. The van der Waals surface area contributed by atoms with Crippen LogP contribution in [0.4, 0.5) is 0 Å². The van der Waals surface area contributed by atoms with Crippen molar-refractivity contribution in [2.75, 3.05) is 0 Å². The molecular formula is C17H27NO2S. The molecule has 0 radical (unpaired) electrons. The van der Waals surface area contributed by atoms with Gasteiger partial charge in [0, 0.05) is 6.04 Å². The average molecular weight is 309 g/mol. The van der Waals surface area contributed by atoms with Crippen molar-refractivity contribution in [2.45, 2.75) is 58.9 Å². The molecular weight excluding hydrogens is 282 g/mol. The number of aryl methyl sites for hydroxylation is 3. The summed E-state index contributed by atoms with van der Waals surface area (Å²) in [5, 5.41) is 0. The van der Waals surface area contributed by atoms with Gasteiger partial charge in [-0.1, -0.05) is 50.6 Å². The Labute approximate surface area is 129 Å². The van der Waals surface area contributed by atoms with Gasteiger partial charge in [0.25, 0.3) is 0 Å². The van der Waals surface area contributed by atoms with E-state index >= 15 is 0 Å². The Morgan fingerprint density at radius 2 is 1.67 bits per heavy atom. The molecule has 21 heavy (non-hydrogen) atoms. The molecule has 0 saturated carbocycles. The van der Waals surface area contributed by atoms with Crippen molar-refractivity contribution in [3.8, 4) is 0 Å². The van der Waals surface area contributed by atoms with Gasteiger partial charge >= 0.3 is 0 Å². The van der Waals surface area contributed by atoms with Crippen molar-refractivity contribution in [1.82, 2.24) is 4.72 Å². The molecule has 1 aromatic carbocycles. The maximum Gasteiger partial charge on any atom is 0.241 e. The van der Waals surface area contributed by atoms with Crippen molar-refractivity contribution < 1.29 is 8.42 Å². The molecule has 0 aliphatic rings. The van der Waals surface area contributed by atoms with Crippen LogP contribution in [0.15, 0.2) is 29.2 Å². The Kier molecular flexibility index (Phi) is 6.17. The molecule has 0 unspecified atom stereocenters. The summed E-state index contributed by atoms with van der Waals surface area (Å²) in [5.74, 6) is 0.202. The topological polar surface area (TPSA) is 46.2 Å². The fraction of sp³-hybridized carbons (Fsp3) is 0.529. The number of hydrogen-bond acceptors (Lipinski definition) is 2. The van der Waals surface area contributed by atoms with Crippen molar-refractivity contribution >= 4 is 10.0 Å². The van der Waals surface area contributed by atoms with E-state index in [0.717, 1.165) is 23.1 Å². The van der Waals surface area contributed by atoms with E-state index in [1.807, 2.05) is 65.8 Å².